The number of nitrogens with two attached hydrogens (primary N) is 1. The van der Waals surface area contributed by atoms with E-state index in [9.17, 15) is 8.42 Å². The third-order valence-corrected chi connectivity index (χ3v) is 6.19. The number of hydrogen-bond acceptors (Lipinski definition) is 7. The summed E-state index contributed by atoms with van der Waals surface area (Å²) in [6, 6.07) is 2.17. The molecule has 0 unspecified atom stereocenters. The SMILES string of the molecule is Nc1nc(Cl)cc(N2CCC(N3CCS(=O)(=O)CC3)CC2)n1. The molecule has 0 aliphatic carbocycles. The van der Waals surface area contributed by atoms with Crippen LogP contribution >= 0.6 is 11.6 Å². The molecule has 2 aliphatic heterocycles. The second kappa shape index (κ2) is 6.17. The van der Waals surface area contributed by atoms with Gasteiger partial charge in [0.15, 0.2) is 9.84 Å². The molecule has 2 N–H and O–H groups in total. The maximum Gasteiger partial charge on any atom is 0.223 e. The standard InChI is InChI=1S/C13H20ClN5O2S/c14-11-9-12(17-13(15)16-11)19-3-1-10(2-4-19)18-5-7-22(20,21)8-6-18/h9-10H,1-8H2,(H2,15,16,17). The second-order valence-corrected chi connectivity index (χ2v) is 8.50. The fourth-order valence-electron chi connectivity index (χ4n) is 3.14. The highest BCUT2D eigenvalue weighted by atomic mass is 35.5. The van der Waals surface area contributed by atoms with Gasteiger partial charge in [-0.15, -0.1) is 0 Å². The number of halogens is 1. The highest BCUT2D eigenvalue weighted by molar-refractivity contribution is 7.91. The largest absolute Gasteiger partial charge is 0.368 e. The smallest absolute Gasteiger partial charge is 0.223 e. The Morgan fingerprint density at radius 3 is 2.36 bits per heavy atom. The zero-order valence-electron chi connectivity index (χ0n) is 12.3. The number of hydrogen-bond donors (Lipinski definition) is 1. The first-order valence-corrected chi connectivity index (χ1v) is 9.62. The van der Waals surface area contributed by atoms with Gasteiger partial charge in [-0.3, -0.25) is 4.90 Å². The van der Waals surface area contributed by atoms with Gasteiger partial charge >= 0.3 is 0 Å². The van der Waals surface area contributed by atoms with Crippen LogP contribution < -0.4 is 10.6 Å². The van der Waals surface area contributed by atoms with E-state index in [0.717, 1.165) is 31.7 Å². The molecule has 0 radical (unpaired) electrons. The quantitative estimate of drug-likeness (QED) is 0.776. The van der Waals surface area contributed by atoms with Crippen LogP contribution in [0.5, 0.6) is 0 Å². The Labute approximate surface area is 135 Å². The van der Waals surface area contributed by atoms with E-state index in [1.165, 1.54) is 0 Å². The lowest BCUT2D eigenvalue weighted by Crippen LogP contribution is -2.50. The first kappa shape index (κ1) is 15.8. The predicted octanol–water partition coefficient (Wildman–Crippen LogP) is 0.411. The molecule has 2 fully saturated rings. The minimum Gasteiger partial charge on any atom is -0.368 e. The van der Waals surface area contributed by atoms with E-state index in [-0.39, 0.29) is 17.5 Å². The number of aromatic nitrogens is 2. The van der Waals surface area contributed by atoms with Crippen molar-refractivity contribution < 1.29 is 8.42 Å². The molecule has 7 nitrogen and oxygen atoms in total. The van der Waals surface area contributed by atoms with E-state index in [4.69, 9.17) is 17.3 Å². The van der Waals surface area contributed by atoms with Gasteiger partial charge in [-0.1, -0.05) is 11.6 Å². The van der Waals surface area contributed by atoms with E-state index >= 15 is 0 Å². The molecule has 0 atom stereocenters. The summed E-state index contributed by atoms with van der Waals surface area (Å²) in [5.41, 5.74) is 5.64. The highest BCUT2D eigenvalue weighted by Gasteiger charge is 2.30. The molecule has 0 aromatic carbocycles. The van der Waals surface area contributed by atoms with Crippen LogP contribution in [0.2, 0.25) is 5.15 Å². The van der Waals surface area contributed by atoms with Crippen molar-refractivity contribution in [3.05, 3.63) is 11.2 Å². The molecule has 1 aromatic heterocycles. The first-order chi connectivity index (χ1) is 10.4. The van der Waals surface area contributed by atoms with Crippen LogP contribution in [-0.2, 0) is 9.84 Å². The van der Waals surface area contributed by atoms with Crippen LogP contribution in [-0.4, -0.2) is 67.0 Å². The van der Waals surface area contributed by atoms with Gasteiger partial charge in [-0.2, -0.15) is 4.98 Å². The molecule has 2 saturated heterocycles. The molecule has 22 heavy (non-hydrogen) atoms. The first-order valence-electron chi connectivity index (χ1n) is 7.42. The Morgan fingerprint density at radius 2 is 1.77 bits per heavy atom. The zero-order valence-corrected chi connectivity index (χ0v) is 13.9. The Bertz CT molecular complexity index is 612. The molecule has 0 spiro atoms. The van der Waals surface area contributed by atoms with Gasteiger partial charge in [0.2, 0.25) is 5.95 Å². The minimum absolute atomic E-state index is 0.186. The predicted molar refractivity (Wildman–Crippen MR) is 86.9 cm³/mol. The topological polar surface area (TPSA) is 92.4 Å². The Kier molecular flexibility index (Phi) is 4.42. The molecule has 9 heteroatoms. The Hall–Kier alpha value is -1.12. The summed E-state index contributed by atoms with van der Waals surface area (Å²) < 4.78 is 23.0. The van der Waals surface area contributed by atoms with Gasteiger partial charge < -0.3 is 10.6 Å². The number of nitrogen functional groups attached to an aromatic ring is 1. The Balaban J connectivity index is 1.58. The average Bonchev–Trinajstić information content (AvgIpc) is 2.46. The number of sulfone groups is 1. The normalized spacial score (nSPS) is 23.6. The maximum absolute atomic E-state index is 11.5. The van der Waals surface area contributed by atoms with Gasteiger partial charge in [0.25, 0.3) is 0 Å². The third-order valence-electron chi connectivity index (χ3n) is 4.38. The van der Waals surface area contributed by atoms with Crippen molar-refractivity contribution in [1.82, 2.24) is 14.9 Å². The van der Waals surface area contributed by atoms with Crippen LogP contribution in [0.3, 0.4) is 0 Å². The average molecular weight is 346 g/mol. The number of nitrogens with zero attached hydrogens (tertiary/aromatic N) is 4. The molecule has 0 amide bonds. The van der Waals surface area contributed by atoms with Crippen molar-refractivity contribution in [2.75, 3.05) is 48.3 Å². The molecule has 122 valence electrons. The van der Waals surface area contributed by atoms with Gasteiger partial charge in [-0.05, 0) is 12.8 Å². The van der Waals surface area contributed by atoms with Gasteiger partial charge in [0.05, 0.1) is 11.5 Å². The number of piperidine rings is 1. The fraction of sp³-hybridized carbons (Fsp3) is 0.692. The van der Waals surface area contributed by atoms with Crippen molar-refractivity contribution in [3.8, 4) is 0 Å². The van der Waals surface area contributed by atoms with Crippen LogP contribution in [0.25, 0.3) is 0 Å². The van der Waals surface area contributed by atoms with Gasteiger partial charge in [0, 0.05) is 38.3 Å². The summed E-state index contributed by atoms with van der Waals surface area (Å²) in [6.07, 6.45) is 1.98. The Morgan fingerprint density at radius 1 is 1.14 bits per heavy atom. The molecule has 2 aliphatic rings. The zero-order chi connectivity index (χ0) is 15.7. The summed E-state index contributed by atoms with van der Waals surface area (Å²) >= 11 is 5.92. The monoisotopic (exact) mass is 345 g/mol. The van der Waals surface area contributed by atoms with E-state index in [1.54, 1.807) is 6.07 Å². The number of anilines is 2. The summed E-state index contributed by atoms with van der Waals surface area (Å²) in [7, 11) is -2.82. The molecule has 0 saturated carbocycles. The lowest BCUT2D eigenvalue weighted by Gasteiger charge is -2.40. The van der Waals surface area contributed by atoms with E-state index in [2.05, 4.69) is 19.8 Å². The molecule has 3 heterocycles. The number of rotatable bonds is 2. The summed E-state index contributed by atoms with van der Waals surface area (Å²) in [4.78, 5) is 12.6. The molecule has 3 rings (SSSR count). The molecular formula is C13H20ClN5O2S. The van der Waals surface area contributed by atoms with E-state index in [1.807, 2.05) is 0 Å². The van der Waals surface area contributed by atoms with Crippen molar-refractivity contribution >= 4 is 33.2 Å². The minimum atomic E-state index is -2.82. The maximum atomic E-state index is 11.5. The molecular weight excluding hydrogens is 326 g/mol. The summed E-state index contributed by atoms with van der Waals surface area (Å²) in [5, 5.41) is 0.353. The van der Waals surface area contributed by atoms with E-state index < -0.39 is 9.84 Å². The van der Waals surface area contributed by atoms with Crippen LogP contribution in [0.4, 0.5) is 11.8 Å². The van der Waals surface area contributed by atoms with Gasteiger partial charge in [-0.25, -0.2) is 13.4 Å². The van der Waals surface area contributed by atoms with Crippen molar-refractivity contribution in [2.24, 2.45) is 0 Å². The van der Waals surface area contributed by atoms with Crippen LogP contribution in [0.1, 0.15) is 12.8 Å². The van der Waals surface area contributed by atoms with Crippen LogP contribution in [0.15, 0.2) is 6.07 Å². The van der Waals surface area contributed by atoms with Crippen molar-refractivity contribution in [1.29, 1.82) is 0 Å². The van der Waals surface area contributed by atoms with Crippen molar-refractivity contribution in [2.45, 2.75) is 18.9 Å². The molecule has 1 aromatic rings. The van der Waals surface area contributed by atoms with E-state index in [0.29, 0.717) is 24.3 Å². The second-order valence-electron chi connectivity index (χ2n) is 5.81. The van der Waals surface area contributed by atoms with Gasteiger partial charge in [0.1, 0.15) is 11.0 Å². The lowest BCUT2D eigenvalue weighted by molar-refractivity contribution is 0.182. The fourth-order valence-corrected chi connectivity index (χ4v) is 4.55. The lowest BCUT2D eigenvalue weighted by atomic mass is 10.0. The summed E-state index contributed by atoms with van der Waals surface area (Å²) in [6.45, 7) is 3.03. The third kappa shape index (κ3) is 3.61. The van der Waals surface area contributed by atoms with Crippen molar-refractivity contribution in [3.63, 3.8) is 0 Å². The summed E-state index contributed by atoms with van der Waals surface area (Å²) in [5.74, 6) is 1.51. The molecule has 0 bridgehead atoms. The van der Waals surface area contributed by atoms with Crippen LogP contribution in [0, 0.1) is 0 Å². The highest BCUT2D eigenvalue weighted by Crippen LogP contribution is 2.24.